The third kappa shape index (κ3) is 4.91. The van der Waals surface area contributed by atoms with Crippen LogP contribution >= 0.6 is 0 Å². The molecule has 4 N–H and O–H groups in total. The Morgan fingerprint density at radius 1 is 1.08 bits per heavy atom. The second-order valence-electron chi connectivity index (χ2n) is 4.88. The van der Waals surface area contributed by atoms with Gasteiger partial charge in [-0.1, -0.05) is 18.2 Å². The third-order valence-corrected chi connectivity index (χ3v) is 3.06. The van der Waals surface area contributed by atoms with Crippen LogP contribution < -0.4 is 16.4 Å². The van der Waals surface area contributed by atoms with Gasteiger partial charge < -0.3 is 16.4 Å². The minimum atomic E-state index is -0.746. The number of hydrogen-bond acceptors (Lipinski definition) is 2. The Hall–Kier alpha value is -3.22. The highest BCUT2D eigenvalue weighted by Crippen LogP contribution is 2.13. The summed E-state index contributed by atoms with van der Waals surface area (Å²) in [5.41, 5.74) is 5.97. The van der Waals surface area contributed by atoms with Crippen LogP contribution in [0.2, 0.25) is 0 Å². The van der Waals surface area contributed by atoms with E-state index in [1.54, 1.807) is 24.3 Å². The van der Waals surface area contributed by atoms with Crippen molar-refractivity contribution in [1.29, 1.82) is 0 Å². The van der Waals surface area contributed by atoms with Crippen LogP contribution in [0.4, 0.5) is 19.3 Å². The number of urea groups is 1. The minimum absolute atomic E-state index is 0.178. The molecule has 2 aromatic carbocycles. The normalized spacial score (nSPS) is 10.6. The van der Waals surface area contributed by atoms with Crippen molar-refractivity contribution in [1.82, 2.24) is 5.32 Å². The van der Waals surface area contributed by atoms with Crippen molar-refractivity contribution in [3.8, 4) is 0 Å². The van der Waals surface area contributed by atoms with Crippen molar-refractivity contribution in [3.05, 3.63) is 71.3 Å². The molecule has 0 saturated heterocycles. The summed E-state index contributed by atoms with van der Waals surface area (Å²) in [5, 5.41) is 4.99. The number of benzene rings is 2. The number of nitrogens with one attached hydrogen (secondary N) is 2. The maximum atomic E-state index is 13.4. The minimum Gasteiger partial charge on any atom is -0.351 e. The highest BCUT2D eigenvalue weighted by atomic mass is 19.1. The summed E-state index contributed by atoms with van der Waals surface area (Å²) in [7, 11) is 0. The van der Waals surface area contributed by atoms with Crippen LogP contribution in [0.15, 0.2) is 48.5 Å². The van der Waals surface area contributed by atoms with Crippen LogP contribution in [0, 0.1) is 11.6 Å². The largest absolute Gasteiger partial charge is 0.351 e. The van der Waals surface area contributed by atoms with Crippen molar-refractivity contribution >= 4 is 23.7 Å². The summed E-state index contributed by atoms with van der Waals surface area (Å²) < 4.78 is 26.9. The zero-order chi connectivity index (χ0) is 17.5. The Kier molecular flexibility index (Phi) is 5.62. The molecule has 0 fully saturated rings. The highest BCUT2D eigenvalue weighted by Gasteiger charge is 2.05. The number of primary amides is 1. The van der Waals surface area contributed by atoms with E-state index in [2.05, 4.69) is 10.6 Å². The molecular formula is C17H15F2N3O2. The molecule has 0 radical (unpaired) electrons. The molecular weight excluding hydrogens is 316 g/mol. The van der Waals surface area contributed by atoms with Gasteiger partial charge >= 0.3 is 6.03 Å². The van der Waals surface area contributed by atoms with E-state index in [1.807, 2.05) is 0 Å². The van der Waals surface area contributed by atoms with Crippen molar-refractivity contribution in [2.24, 2.45) is 5.73 Å². The van der Waals surface area contributed by atoms with Gasteiger partial charge in [-0.3, -0.25) is 4.79 Å². The third-order valence-electron chi connectivity index (χ3n) is 3.06. The molecule has 0 aliphatic heterocycles. The summed E-state index contributed by atoms with van der Waals surface area (Å²) in [4.78, 5) is 22.5. The van der Waals surface area contributed by atoms with Gasteiger partial charge in [-0.25, -0.2) is 13.6 Å². The zero-order valence-electron chi connectivity index (χ0n) is 12.6. The van der Waals surface area contributed by atoms with Crippen molar-refractivity contribution < 1.29 is 18.4 Å². The lowest BCUT2D eigenvalue weighted by molar-refractivity contribution is -0.116. The molecule has 0 aliphatic carbocycles. The number of nitrogens with two attached hydrogens (primary N) is 1. The van der Waals surface area contributed by atoms with E-state index in [-0.39, 0.29) is 12.1 Å². The van der Waals surface area contributed by atoms with Crippen LogP contribution in [-0.4, -0.2) is 11.9 Å². The molecule has 124 valence electrons. The predicted octanol–water partition coefficient (Wildman–Crippen LogP) is 2.79. The first kappa shape index (κ1) is 17.1. The predicted molar refractivity (Wildman–Crippen MR) is 86.9 cm³/mol. The molecule has 0 atom stereocenters. The molecule has 2 aromatic rings. The lowest BCUT2D eigenvalue weighted by atomic mass is 10.1. The number of rotatable bonds is 5. The van der Waals surface area contributed by atoms with Crippen molar-refractivity contribution in [2.45, 2.75) is 6.54 Å². The van der Waals surface area contributed by atoms with E-state index in [4.69, 9.17) is 5.73 Å². The van der Waals surface area contributed by atoms with Crippen molar-refractivity contribution in [2.75, 3.05) is 5.32 Å². The van der Waals surface area contributed by atoms with Gasteiger partial charge in [0.1, 0.15) is 11.6 Å². The molecule has 2 rings (SSSR count). The summed E-state index contributed by atoms with van der Waals surface area (Å²) >= 11 is 0. The van der Waals surface area contributed by atoms with E-state index in [0.29, 0.717) is 5.69 Å². The topological polar surface area (TPSA) is 84.2 Å². The second kappa shape index (κ2) is 7.87. The zero-order valence-corrected chi connectivity index (χ0v) is 12.6. The van der Waals surface area contributed by atoms with Crippen LogP contribution in [0.5, 0.6) is 0 Å². The van der Waals surface area contributed by atoms with Crippen LogP contribution in [0.1, 0.15) is 11.1 Å². The Morgan fingerprint density at radius 2 is 1.75 bits per heavy atom. The van der Waals surface area contributed by atoms with Gasteiger partial charge in [-0.2, -0.15) is 0 Å². The average Bonchev–Trinajstić information content (AvgIpc) is 2.52. The van der Waals surface area contributed by atoms with Gasteiger partial charge in [0, 0.05) is 23.9 Å². The Labute approximate surface area is 137 Å². The molecule has 24 heavy (non-hydrogen) atoms. The Morgan fingerprint density at radius 3 is 2.42 bits per heavy atom. The number of hydrogen-bond donors (Lipinski definition) is 3. The van der Waals surface area contributed by atoms with E-state index in [0.717, 1.165) is 29.8 Å². The fraction of sp³-hybridized carbons (Fsp3) is 0.0588. The van der Waals surface area contributed by atoms with Gasteiger partial charge in [0.25, 0.3) is 0 Å². The first-order valence-electron chi connectivity index (χ1n) is 7.01. The van der Waals surface area contributed by atoms with Crippen molar-refractivity contribution in [3.63, 3.8) is 0 Å². The first-order valence-corrected chi connectivity index (χ1v) is 7.01. The number of anilines is 1. The van der Waals surface area contributed by atoms with E-state index < -0.39 is 23.6 Å². The quantitative estimate of drug-likeness (QED) is 0.736. The molecule has 0 saturated carbocycles. The summed E-state index contributed by atoms with van der Waals surface area (Å²) in [5.74, 6) is -2.00. The maximum absolute atomic E-state index is 13.4. The molecule has 0 spiro atoms. The fourth-order valence-electron chi connectivity index (χ4n) is 1.98. The standard InChI is InChI=1S/C17H15F2N3O2/c18-14-5-2-6-15(19)13(14)7-8-16(23)21-10-11-3-1-4-12(9-11)22-17(20)24/h1-9H,10H2,(H,21,23)(H3,20,22,24)/b8-7+. The number of carbonyl (C=O) groups is 2. The molecule has 0 aliphatic rings. The van der Waals surface area contributed by atoms with Gasteiger partial charge in [0.05, 0.1) is 0 Å². The molecule has 0 heterocycles. The van der Waals surface area contributed by atoms with Gasteiger partial charge in [-0.15, -0.1) is 0 Å². The van der Waals surface area contributed by atoms with Gasteiger partial charge in [-0.05, 0) is 35.9 Å². The Balaban J connectivity index is 1.96. The van der Waals surface area contributed by atoms with Crippen LogP contribution in [0.3, 0.4) is 0 Å². The van der Waals surface area contributed by atoms with E-state index >= 15 is 0 Å². The van der Waals surface area contributed by atoms with Crippen LogP contribution in [0.25, 0.3) is 6.08 Å². The fourth-order valence-corrected chi connectivity index (χ4v) is 1.98. The molecule has 0 aromatic heterocycles. The molecule has 7 heteroatoms. The summed E-state index contributed by atoms with van der Waals surface area (Å²) in [6.45, 7) is 0.178. The highest BCUT2D eigenvalue weighted by molar-refractivity contribution is 5.91. The van der Waals surface area contributed by atoms with Crippen LogP contribution in [-0.2, 0) is 11.3 Å². The summed E-state index contributed by atoms with van der Waals surface area (Å²) in [6, 6.07) is 9.50. The lowest BCUT2D eigenvalue weighted by Gasteiger charge is -2.06. The lowest BCUT2D eigenvalue weighted by Crippen LogP contribution is -2.21. The monoisotopic (exact) mass is 331 g/mol. The second-order valence-corrected chi connectivity index (χ2v) is 4.88. The van der Waals surface area contributed by atoms with E-state index in [1.165, 1.54) is 6.07 Å². The summed E-state index contributed by atoms with van der Waals surface area (Å²) in [6.07, 6.45) is 2.12. The molecule has 0 bridgehead atoms. The van der Waals surface area contributed by atoms with Gasteiger partial charge in [0.15, 0.2) is 0 Å². The molecule has 3 amide bonds. The Bertz CT molecular complexity index is 771. The maximum Gasteiger partial charge on any atom is 0.316 e. The number of carbonyl (C=O) groups excluding carboxylic acids is 2. The number of amides is 3. The average molecular weight is 331 g/mol. The smallest absolute Gasteiger partial charge is 0.316 e. The van der Waals surface area contributed by atoms with E-state index in [9.17, 15) is 18.4 Å². The molecule has 0 unspecified atom stereocenters. The molecule has 5 nitrogen and oxygen atoms in total. The number of halogens is 2. The first-order chi connectivity index (χ1) is 11.5. The SMILES string of the molecule is NC(=O)Nc1cccc(CNC(=O)/C=C/c2c(F)cccc2F)c1. The van der Waals surface area contributed by atoms with Gasteiger partial charge in [0.2, 0.25) is 5.91 Å².